The number of aromatic nitrogens is 1. The number of fused-ring (bicyclic) bond motifs is 1. The van der Waals surface area contributed by atoms with Crippen LogP contribution in [0.25, 0.3) is 0 Å². The van der Waals surface area contributed by atoms with Gasteiger partial charge in [0.25, 0.3) is 17.7 Å². The van der Waals surface area contributed by atoms with Gasteiger partial charge in [0.05, 0.1) is 26.9 Å². The van der Waals surface area contributed by atoms with E-state index in [1.807, 2.05) is 6.26 Å². The average molecular weight is 496 g/mol. The van der Waals surface area contributed by atoms with Gasteiger partial charge in [-0.3, -0.25) is 19.3 Å². The molecule has 0 saturated carbocycles. The molecule has 0 fully saturated rings. The number of hydrogen-bond donors (Lipinski definition) is 1. The molecule has 2 heterocycles. The van der Waals surface area contributed by atoms with Crippen molar-refractivity contribution in [2.24, 2.45) is 0 Å². The van der Waals surface area contributed by atoms with Crippen LogP contribution in [0, 0.1) is 6.92 Å². The van der Waals surface area contributed by atoms with E-state index in [-0.39, 0.29) is 28.4 Å². The van der Waals surface area contributed by atoms with E-state index in [2.05, 4.69) is 10.3 Å². The molecule has 2 aromatic rings. The van der Waals surface area contributed by atoms with Crippen molar-refractivity contribution in [1.82, 2.24) is 9.88 Å². The van der Waals surface area contributed by atoms with E-state index in [1.165, 1.54) is 30.0 Å². The van der Waals surface area contributed by atoms with Gasteiger partial charge in [-0.1, -0.05) is 35.3 Å². The molecule has 1 aromatic heterocycles. The van der Waals surface area contributed by atoms with Gasteiger partial charge in [0.2, 0.25) is 0 Å². The highest BCUT2D eigenvalue weighted by Crippen LogP contribution is 2.27. The monoisotopic (exact) mass is 495 g/mol. The van der Waals surface area contributed by atoms with Crippen LogP contribution in [0.3, 0.4) is 0 Å². The summed E-state index contributed by atoms with van der Waals surface area (Å²) in [5.41, 5.74) is 0.929. The molecule has 0 saturated heterocycles. The van der Waals surface area contributed by atoms with Gasteiger partial charge in [-0.05, 0) is 43.6 Å². The first-order valence-electron chi connectivity index (χ1n) is 9.49. The minimum atomic E-state index is -1.15. The van der Waals surface area contributed by atoms with Crippen molar-refractivity contribution in [2.75, 3.05) is 23.9 Å². The van der Waals surface area contributed by atoms with Gasteiger partial charge in [0, 0.05) is 0 Å². The minimum Gasteiger partial charge on any atom is -0.454 e. The Labute approximate surface area is 198 Å². The van der Waals surface area contributed by atoms with E-state index < -0.39 is 36.3 Å². The van der Waals surface area contributed by atoms with Crippen molar-refractivity contribution in [3.63, 3.8) is 0 Å². The standard InChI is InChI=1S/C21H19Cl2N3O5S/c1-11-14(22)9-15(23)18(24-11)25-17(27)10-31-21(30)16(7-8-32-2)26-19(28)12-5-3-4-6-13(12)20(26)29/h3-6,9,16H,7-8,10H2,1-2H3,(H,24,25,27)/t16-/m1/s1. The number of esters is 1. The molecule has 32 heavy (non-hydrogen) atoms. The lowest BCUT2D eigenvalue weighted by molar-refractivity contribution is -0.151. The average Bonchev–Trinajstić information content (AvgIpc) is 3.02. The van der Waals surface area contributed by atoms with E-state index in [4.69, 9.17) is 27.9 Å². The maximum Gasteiger partial charge on any atom is 0.329 e. The Morgan fingerprint density at radius 3 is 2.38 bits per heavy atom. The van der Waals surface area contributed by atoms with Crippen LogP contribution in [0.2, 0.25) is 10.0 Å². The molecule has 11 heteroatoms. The lowest BCUT2D eigenvalue weighted by Gasteiger charge is -2.24. The maximum absolute atomic E-state index is 12.8. The fourth-order valence-electron chi connectivity index (χ4n) is 3.12. The van der Waals surface area contributed by atoms with Crippen LogP contribution in [-0.2, 0) is 14.3 Å². The molecule has 0 unspecified atom stereocenters. The molecule has 1 aliphatic rings. The number of carbonyl (C=O) groups is 4. The fraction of sp³-hybridized carbons (Fsp3) is 0.286. The summed E-state index contributed by atoms with van der Waals surface area (Å²) in [6.07, 6.45) is 2.03. The van der Waals surface area contributed by atoms with Crippen LogP contribution in [0.5, 0.6) is 0 Å². The lowest BCUT2D eigenvalue weighted by Crippen LogP contribution is -2.46. The Bertz CT molecular complexity index is 1060. The van der Waals surface area contributed by atoms with Crippen molar-refractivity contribution in [3.8, 4) is 0 Å². The summed E-state index contributed by atoms with van der Waals surface area (Å²) in [6.45, 7) is 1.00. The molecule has 8 nitrogen and oxygen atoms in total. The maximum atomic E-state index is 12.8. The quantitative estimate of drug-likeness (QED) is 0.440. The predicted octanol–water partition coefficient (Wildman–Crippen LogP) is 3.60. The smallest absolute Gasteiger partial charge is 0.329 e. The van der Waals surface area contributed by atoms with E-state index in [0.29, 0.717) is 16.5 Å². The number of halogens is 2. The molecule has 0 radical (unpaired) electrons. The topological polar surface area (TPSA) is 106 Å². The summed E-state index contributed by atoms with van der Waals surface area (Å²) in [5.74, 6) is -2.08. The second-order valence-electron chi connectivity index (χ2n) is 6.87. The van der Waals surface area contributed by atoms with Crippen molar-refractivity contribution in [3.05, 3.63) is 57.2 Å². The zero-order valence-corrected chi connectivity index (χ0v) is 19.5. The number of benzene rings is 1. The molecular formula is C21H19Cl2N3O5S. The van der Waals surface area contributed by atoms with E-state index in [9.17, 15) is 19.2 Å². The first-order valence-corrected chi connectivity index (χ1v) is 11.6. The van der Waals surface area contributed by atoms with Gasteiger partial charge >= 0.3 is 5.97 Å². The molecule has 0 aliphatic carbocycles. The number of anilines is 1. The molecule has 1 aliphatic heterocycles. The van der Waals surface area contributed by atoms with Crippen molar-refractivity contribution in [1.29, 1.82) is 0 Å². The highest BCUT2D eigenvalue weighted by Gasteiger charge is 2.43. The number of nitrogens with zero attached hydrogens (tertiary/aromatic N) is 2. The number of rotatable bonds is 8. The molecule has 3 amide bonds. The minimum absolute atomic E-state index is 0.0777. The van der Waals surface area contributed by atoms with Crippen LogP contribution >= 0.6 is 35.0 Å². The molecule has 3 rings (SSSR count). The van der Waals surface area contributed by atoms with Gasteiger partial charge < -0.3 is 10.1 Å². The zero-order chi connectivity index (χ0) is 23.4. The molecule has 1 aromatic carbocycles. The number of thioether (sulfide) groups is 1. The summed E-state index contributed by atoms with van der Waals surface area (Å²) in [6, 6.07) is 6.64. The molecule has 1 N–H and O–H groups in total. The Morgan fingerprint density at radius 1 is 1.16 bits per heavy atom. The van der Waals surface area contributed by atoms with Gasteiger partial charge in [0.15, 0.2) is 12.4 Å². The summed E-state index contributed by atoms with van der Waals surface area (Å²) in [7, 11) is 0. The highest BCUT2D eigenvalue weighted by atomic mass is 35.5. The van der Waals surface area contributed by atoms with Crippen LogP contribution in [0.1, 0.15) is 32.8 Å². The molecular weight excluding hydrogens is 477 g/mol. The fourth-order valence-corrected chi connectivity index (χ4v) is 3.98. The van der Waals surface area contributed by atoms with Gasteiger partial charge in [-0.2, -0.15) is 11.8 Å². The summed E-state index contributed by atoms with van der Waals surface area (Å²) >= 11 is 13.4. The third-order valence-electron chi connectivity index (χ3n) is 4.71. The second kappa shape index (κ2) is 10.3. The summed E-state index contributed by atoms with van der Waals surface area (Å²) in [5, 5.41) is 2.92. The van der Waals surface area contributed by atoms with Crippen molar-refractivity contribution >= 4 is 64.5 Å². The van der Waals surface area contributed by atoms with Gasteiger partial charge in [-0.25, -0.2) is 9.78 Å². The summed E-state index contributed by atoms with van der Waals surface area (Å²) < 4.78 is 5.13. The van der Waals surface area contributed by atoms with Crippen LogP contribution < -0.4 is 5.32 Å². The van der Waals surface area contributed by atoms with Crippen LogP contribution in [0.15, 0.2) is 30.3 Å². The molecule has 1 atom stereocenters. The first kappa shape index (κ1) is 24.0. The molecule has 0 bridgehead atoms. The van der Waals surface area contributed by atoms with E-state index in [1.54, 1.807) is 19.1 Å². The first-order chi connectivity index (χ1) is 15.2. The number of pyridine rings is 1. The largest absolute Gasteiger partial charge is 0.454 e. The van der Waals surface area contributed by atoms with E-state index in [0.717, 1.165) is 4.90 Å². The number of aryl methyl sites for hydroxylation is 1. The van der Waals surface area contributed by atoms with Crippen LogP contribution in [0.4, 0.5) is 5.82 Å². The van der Waals surface area contributed by atoms with Gasteiger partial charge in [0.1, 0.15) is 6.04 Å². The lowest BCUT2D eigenvalue weighted by atomic mass is 10.1. The van der Waals surface area contributed by atoms with E-state index >= 15 is 0 Å². The normalized spacial score (nSPS) is 13.7. The Balaban J connectivity index is 1.69. The van der Waals surface area contributed by atoms with Crippen LogP contribution in [-0.4, -0.2) is 58.2 Å². The summed E-state index contributed by atoms with van der Waals surface area (Å²) in [4.78, 5) is 55.6. The Kier molecular flexibility index (Phi) is 7.76. The third-order valence-corrected chi connectivity index (χ3v) is 6.03. The Hall–Kier alpha value is -2.62. The Morgan fingerprint density at radius 2 is 1.78 bits per heavy atom. The second-order valence-corrected chi connectivity index (χ2v) is 8.67. The zero-order valence-electron chi connectivity index (χ0n) is 17.2. The predicted molar refractivity (Wildman–Crippen MR) is 122 cm³/mol. The van der Waals surface area contributed by atoms with Gasteiger partial charge in [-0.15, -0.1) is 0 Å². The number of ether oxygens (including phenoxy) is 1. The van der Waals surface area contributed by atoms with Crippen molar-refractivity contribution < 1.29 is 23.9 Å². The number of amides is 3. The third kappa shape index (κ3) is 5.06. The molecule has 168 valence electrons. The highest BCUT2D eigenvalue weighted by molar-refractivity contribution is 7.98. The SMILES string of the molecule is CSCC[C@H](C(=O)OCC(=O)Nc1nc(C)c(Cl)cc1Cl)N1C(=O)c2ccccc2C1=O. The molecule has 0 spiro atoms. The van der Waals surface area contributed by atoms with Crippen molar-refractivity contribution in [2.45, 2.75) is 19.4 Å². The number of imide groups is 1. The number of carbonyl (C=O) groups excluding carboxylic acids is 4. The number of nitrogens with one attached hydrogen (secondary N) is 1. The number of hydrogen-bond acceptors (Lipinski definition) is 7.